The summed E-state index contributed by atoms with van der Waals surface area (Å²) in [7, 11) is 0. The minimum absolute atomic E-state index is 0.0842. The highest BCUT2D eigenvalue weighted by atomic mass is 16.2. The van der Waals surface area contributed by atoms with E-state index in [-0.39, 0.29) is 11.9 Å². The molecule has 0 radical (unpaired) electrons. The van der Waals surface area contributed by atoms with Gasteiger partial charge < -0.3 is 10.2 Å². The Balaban J connectivity index is 1.80. The lowest BCUT2D eigenvalue weighted by molar-refractivity contribution is -0.122. The molecule has 0 spiro atoms. The first-order chi connectivity index (χ1) is 10.6. The second kappa shape index (κ2) is 7.71. The summed E-state index contributed by atoms with van der Waals surface area (Å²) in [5, 5.41) is 11.7. The Hall–Kier alpha value is -2.20. The maximum absolute atomic E-state index is 11.9. The van der Waals surface area contributed by atoms with Crippen molar-refractivity contribution in [3.63, 3.8) is 0 Å². The molecule has 1 unspecified atom stereocenters. The van der Waals surface area contributed by atoms with E-state index in [4.69, 9.17) is 5.26 Å². The molecule has 7 nitrogen and oxygen atoms in total. The number of aromatic nitrogens is 2. The lowest BCUT2D eigenvalue weighted by Gasteiger charge is -2.34. The molecule has 1 fully saturated rings. The van der Waals surface area contributed by atoms with Gasteiger partial charge in [-0.3, -0.25) is 9.69 Å². The number of nitriles is 1. The monoisotopic (exact) mass is 302 g/mol. The summed E-state index contributed by atoms with van der Waals surface area (Å²) in [4.78, 5) is 24.4. The van der Waals surface area contributed by atoms with Crippen molar-refractivity contribution in [2.24, 2.45) is 0 Å². The van der Waals surface area contributed by atoms with Gasteiger partial charge in [0.25, 0.3) is 0 Å². The first kappa shape index (κ1) is 16.2. The van der Waals surface area contributed by atoms with Crippen LogP contribution in [0.15, 0.2) is 12.4 Å². The second-order valence-corrected chi connectivity index (χ2v) is 5.51. The summed E-state index contributed by atoms with van der Waals surface area (Å²) in [5.74, 6) is 0.865. The maximum atomic E-state index is 11.9. The van der Waals surface area contributed by atoms with Crippen LogP contribution in [0.1, 0.15) is 26.0 Å². The third-order valence-corrected chi connectivity index (χ3v) is 3.84. The molecule has 1 amide bonds. The van der Waals surface area contributed by atoms with Gasteiger partial charge in [-0.25, -0.2) is 9.97 Å². The molecule has 1 saturated heterocycles. The summed E-state index contributed by atoms with van der Waals surface area (Å²) >= 11 is 0. The van der Waals surface area contributed by atoms with Crippen LogP contribution >= 0.6 is 0 Å². The summed E-state index contributed by atoms with van der Waals surface area (Å²) in [6.07, 6.45) is 4.06. The van der Waals surface area contributed by atoms with Gasteiger partial charge in [0.05, 0.1) is 18.9 Å². The van der Waals surface area contributed by atoms with Crippen molar-refractivity contribution in [1.29, 1.82) is 5.26 Å². The molecular weight excluding hydrogens is 280 g/mol. The molecule has 2 rings (SSSR count). The van der Waals surface area contributed by atoms with Gasteiger partial charge in [-0.05, 0) is 13.3 Å². The average Bonchev–Trinajstić information content (AvgIpc) is 2.55. The number of carbonyl (C=O) groups excluding carboxylic acids is 1. The number of rotatable bonds is 5. The van der Waals surface area contributed by atoms with E-state index in [1.165, 1.54) is 6.20 Å². The molecule has 1 aliphatic heterocycles. The Morgan fingerprint density at radius 3 is 2.64 bits per heavy atom. The quantitative estimate of drug-likeness (QED) is 0.846. The largest absolute Gasteiger partial charge is 0.353 e. The molecule has 0 bridgehead atoms. The highest BCUT2D eigenvalue weighted by Gasteiger charge is 2.20. The number of carbonyl (C=O) groups is 1. The fourth-order valence-corrected chi connectivity index (χ4v) is 2.30. The van der Waals surface area contributed by atoms with Crippen LogP contribution in [0.3, 0.4) is 0 Å². The third-order valence-electron chi connectivity index (χ3n) is 3.84. The van der Waals surface area contributed by atoms with Crippen LogP contribution in [0.4, 0.5) is 5.82 Å². The van der Waals surface area contributed by atoms with Crippen molar-refractivity contribution in [2.75, 3.05) is 37.6 Å². The number of nitrogens with one attached hydrogen (secondary N) is 1. The van der Waals surface area contributed by atoms with Gasteiger partial charge in [-0.2, -0.15) is 5.26 Å². The molecule has 0 aromatic carbocycles. The van der Waals surface area contributed by atoms with Crippen LogP contribution < -0.4 is 10.2 Å². The van der Waals surface area contributed by atoms with E-state index in [0.717, 1.165) is 38.4 Å². The zero-order chi connectivity index (χ0) is 15.9. The standard InChI is InChI=1S/C15H22N6O/c1-3-12(2)19-15(22)11-20-4-6-21(7-5-20)14-10-17-13(8-16)9-18-14/h9-10,12H,3-7,11H2,1-2H3,(H,19,22). The van der Waals surface area contributed by atoms with Crippen LogP contribution in [0.25, 0.3) is 0 Å². The van der Waals surface area contributed by atoms with E-state index in [1.54, 1.807) is 6.20 Å². The Bertz CT molecular complexity index is 530. The molecule has 1 aromatic rings. The van der Waals surface area contributed by atoms with Crippen LogP contribution in [-0.4, -0.2) is 59.5 Å². The highest BCUT2D eigenvalue weighted by molar-refractivity contribution is 5.78. The van der Waals surface area contributed by atoms with Crippen LogP contribution in [-0.2, 0) is 4.79 Å². The molecule has 1 aromatic heterocycles. The summed E-state index contributed by atoms with van der Waals surface area (Å²) < 4.78 is 0. The minimum Gasteiger partial charge on any atom is -0.353 e. The predicted octanol–water partition coefficient (Wildman–Crippen LogP) is 0.385. The van der Waals surface area contributed by atoms with E-state index in [1.807, 2.05) is 13.0 Å². The number of anilines is 1. The van der Waals surface area contributed by atoms with E-state index >= 15 is 0 Å². The topological polar surface area (TPSA) is 85.2 Å². The van der Waals surface area contributed by atoms with Crippen molar-refractivity contribution in [3.05, 3.63) is 18.1 Å². The Morgan fingerprint density at radius 2 is 2.09 bits per heavy atom. The van der Waals surface area contributed by atoms with E-state index in [0.29, 0.717) is 12.2 Å². The van der Waals surface area contributed by atoms with Crippen molar-refractivity contribution >= 4 is 11.7 Å². The van der Waals surface area contributed by atoms with Crippen molar-refractivity contribution in [3.8, 4) is 6.07 Å². The summed E-state index contributed by atoms with van der Waals surface area (Å²) in [5.41, 5.74) is 0.323. The van der Waals surface area contributed by atoms with Crippen LogP contribution in [0.2, 0.25) is 0 Å². The van der Waals surface area contributed by atoms with Gasteiger partial charge in [-0.15, -0.1) is 0 Å². The molecular formula is C15H22N6O. The maximum Gasteiger partial charge on any atom is 0.234 e. The van der Waals surface area contributed by atoms with E-state index in [2.05, 4.69) is 32.0 Å². The van der Waals surface area contributed by atoms with Crippen LogP contribution in [0, 0.1) is 11.3 Å². The lowest BCUT2D eigenvalue weighted by atomic mass is 10.2. The first-order valence-corrected chi connectivity index (χ1v) is 7.61. The van der Waals surface area contributed by atoms with Crippen molar-refractivity contribution < 1.29 is 4.79 Å². The SMILES string of the molecule is CCC(C)NC(=O)CN1CCN(c2cnc(C#N)cn2)CC1. The smallest absolute Gasteiger partial charge is 0.234 e. The molecule has 2 heterocycles. The van der Waals surface area contributed by atoms with Gasteiger partial charge in [0.1, 0.15) is 11.9 Å². The van der Waals surface area contributed by atoms with Crippen LogP contribution in [0.5, 0.6) is 0 Å². The number of hydrogen-bond acceptors (Lipinski definition) is 6. The van der Waals surface area contributed by atoms with Gasteiger partial charge in [0, 0.05) is 32.2 Å². The Kier molecular flexibility index (Phi) is 5.67. The molecule has 1 atom stereocenters. The molecule has 7 heteroatoms. The zero-order valence-electron chi connectivity index (χ0n) is 13.1. The molecule has 118 valence electrons. The van der Waals surface area contributed by atoms with E-state index < -0.39 is 0 Å². The Morgan fingerprint density at radius 1 is 1.36 bits per heavy atom. The van der Waals surface area contributed by atoms with E-state index in [9.17, 15) is 4.79 Å². The van der Waals surface area contributed by atoms with Crippen molar-refractivity contribution in [1.82, 2.24) is 20.2 Å². The normalized spacial score (nSPS) is 16.9. The van der Waals surface area contributed by atoms with Gasteiger partial charge in [-0.1, -0.05) is 6.92 Å². The lowest BCUT2D eigenvalue weighted by Crippen LogP contribution is -2.50. The molecule has 0 saturated carbocycles. The van der Waals surface area contributed by atoms with Gasteiger partial charge >= 0.3 is 0 Å². The predicted molar refractivity (Wildman–Crippen MR) is 83.3 cm³/mol. The molecule has 1 N–H and O–H groups in total. The number of piperazine rings is 1. The fraction of sp³-hybridized carbons (Fsp3) is 0.600. The zero-order valence-corrected chi connectivity index (χ0v) is 13.1. The number of nitrogens with zero attached hydrogens (tertiary/aromatic N) is 5. The highest BCUT2D eigenvalue weighted by Crippen LogP contribution is 2.12. The molecule has 0 aliphatic carbocycles. The molecule has 1 aliphatic rings. The molecule has 22 heavy (non-hydrogen) atoms. The number of hydrogen-bond donors (Lipinski definition) is 1. The van der Waals surface area contributed by atoms with Gasteiger partial charge in [0.2, 0.25) is 5.91 Å². The fourth-order valence-electron chi connectivity index (χ4n) is 2.30. The van der Waals surface area contributed by atoms with Crippen molar-refractivity contribution in [2.45, 2.75) is 26.3 Å². The van der Waals surface area contributed by atoms with Gasteiger partial charge in [0.15, 0.2) is 5.69 Å². The second-order valence-electron chi connectivity index (χ2n) is 5.51. The Labute approximate surface area is 131 Å². The summed E-state index contributed by atoms with van der Waals surface area (Å²) in [6, 6.07) is 2.19. The number of amides is 1. The minimum atomic E-state index is 0.0842. The summed E-state index contributed by atoms with van der Waals surface area (Å²) in [6.45, 7) is 7.75. The third kappa shape index (κ3) is 4.40. The first-order valence-electron chi connectivity index (χ1n) is 7.61. The average molecular weight is 302 g/mol.